The molecule has 36 heavy (non-hydrogen) atoms. The molecule has 0 bridgehead atoms. The van der Waals surface area contributed by atoms with E-state index >= 15 is 0 Å². The molecular formula is C27H25ClN4O3S. The van der Waals surface area contributed by atoms with Gasteiger partial charge in [0.1, 0.15) is 11.8 Å². The highest BCUT2D eigenvalue weighted by Gasteiger charge is 2.28. The van der Waals surface area contributed by atoms with Gasteiger partial charge in [0.05, 0.1) is 22.5 Å². The highest BCUT2D eigenvalue weighted by molar-refractivity contribution is 7.92. The molecule has 0 amide bonds. The number of halogens is 1. The number of rotatable bonds is 8. The summed E-state index contributed by atoms with van der Waals surface area (Å²) in [5.41, 5.74) is 3.68. The Balaban J connectivity index is 1.59. The molecule has 0 aliphatic heterocycles. The first-order chi connectivity index (χ1) is 17.4. The van der Waals surface area contributed by atoms with Crippen LogP contribution in [0.1, 0.15) is 44.2 Å². The van der Waals surface area contributed by atoms with Gasteiger partial charge in [0.15, 0.2) is 10.9 Å². The van der Waals surface area contributed by atoms with Crippen LogP contribution in [0.4, 0.5) is 5.69 Å². The topological polar surface area (TPSA) is 97.0 Å². The van der Waals surface area contributed by atoms with E-state index in [0.29, 0.717) is 29.2 Å². The third kappa shape index (κ3) is 4.64. The second-order valence-electron chi connectivity index (χ2n) is 8.86. The van der Waals surface area contributed by atoms with Crippen LogP contribution in [0.3, 0.4) is 0 Å². The molecule has 0 unspecified atom stereocenters. The molecule has 2 aromatic heterocycles. The Morgan fingerprint density at radius 3 is 2.61 bits per heavy atom. The molecule has 7 nitrogen and oxygen atoms in total. The van der Waals surface area contributed by atoms with Crippen LogP contribution < -0.4 is 9.46 Å². The molecule has 1 aliphatic carbocycles. The van der Waals surface area contributed by atoms with Gasteiger partial charge in [-0.3, -0.25) is 4.72 Å². The number of hydrogen-bond acceptors (Lipinski definition) is 5. The van der Waals surface area contributed by atoms with Crippen LogP contribution in [0.2, 0.25) is 5.15 Å². The lowest BCUT2D eigenvalue weighted by Gasteiger charge is -2.30. The fraction of sp³-hybridized carbons (Fsp3) is 0.259. The molecule has 1 fully saturated rings. The van der Waals surface area contributed by atoms with E-state index in [1.807, 2.05) is 37.3 Å². The number of nitrogens with zero attached hydrogens (tertiary/aromatic N) is 3. The van der Waals surface area contributed by atoms with Crippen LogP contribution in [-0.2, 0) is 10.0 Å². The molecule has 0 saturated heterocycles. The summed E-state index contributed by atoms with van der Waals surface area (Å²) in [4.78, 5) is 4.07. The maximum atomic E-state index is 12.2. The van der Waals surface area contributed by atoms with Crippen molar-refractivity contribution in [2.45, 2.75) is 38.6 Å². The maximum Gasteiger partial charge on any atom is 0.232 e. The lowest BCUT2D eigenvalue weighted by molar-refractivity contribution is 0.324. The third-order valence-corrected chi connectivity index (χ3v) is 8.16. The van der Waals surface area contributed by atoms with Crippen molar-refractivity contribution in [1.29, 1.82) is 5.26 Å². The van der Waals surface area contributed by atoms with Gasteiger partial charge in [-0.15, -0.1) is 0 Å². The molecule has 0 spiro atoms. The summed E-state index contributed by atoms with van der Waals surface area (Å²) in [6, 6.07) is 19.1. The van der Waals surface area contributed by atoms with Gasteiger partial charge in [0.25, 0.3) is 0 Å². The molecule has 0 radical (unpaired) electrons. The summed E-state index contributed by atoms with van der Waals surface area (Å²) in [6.45, 7) is 1.83. The number of ether oxygens (including phenoxy) is 1. The number of sulfonamides is 1. The molecule has 184 valence electrons. The van der Waals surface area contributed by atoms with E-state index in [1.54, 1.807) is 30.5 Å². The average molecular weight is 521 g/mol. The van der Waals surface area contributed by atoms with Crippen LogP contribution in [0.15, 0.2) is 60.8 Å². The predicted molar refractivity (Wildman–Crippen MR) is 142 cm³/mol. The van der Waals surface area contributed by atoms with Gasteiger partial charge in [-0.25, -0.2) is 13.4 Å². The van der Waals surface area contributed by atoms with Crippen LogP contribution in [-0.4, -0.2) is 23.7 Å². The molecule has 0 atom stereocenters. The second-order valence-corrected chi connectivity index (χ2v) is 11.1. The monoisotopic (exact) mass is 520 g/mol. The number of hydrogen-bond donors (Lipinski definition) is 1. The SMILES string of the molecule is CCCS(=O)(=O)Nc1ccc(-c2c(C#N)c3ccc(Oc4cccnc4Cl)cc3n2C2CCC2)cc1. The average Bonchev–Trinajstić information content (AvgIpc) is 3.13. The number of benzene rings is 2. The van der Waals surface area contributed by atoms with Gasteiger partial charge in [0, 0.05) is 29.4 Å². The fourth-order valence-corrected chi connectivity index (χ4v) is 5.84. The van der Waals surface area contributed by atoms with Gasteiger partial charge < -0.3 is 9.30 Å². The Morgan fingerprint density at radius 1 is 1.19 bits per heavy atom. The first-order valence-electron chi connectivity index (χ1n) is 11.9. The van der Waals surface area contributed by atoms with Gasteiger partial charge in [-0.05, 0) is 67.6 Å². The van der Waals surface area contributed by atoms with Crippen molar-refractivity contribution >= 4 is 38.2 Å². The van der Waals surface area contributed by atoms with Crippen LogP contribution in [0.25, 0.3) is 22.2 Å². The van der Waals surface area contributed by atoms with Crippen molar-refractivity contribution in [3.63, 3.8) is 0 Å². The predicted octanol–water partition coefficient (Wildman–Crippen LogP) is 6.90. The van der Waals surface area contributed by atoms with Crippen molar-refractivity contribution in [3.8, 4) is 28.8 Å². The molecule has 5 rings (SSSR count). The molecule has 2 aromatic carbocycles. The largest absolute Gasteiger partial charge is 0.454 e. The molecule has 2 heterocycles. The molecular weight excluding hydrogens is 496 g/mol. The van der Waals surface area contributed by atoms with Crippen molar-refractivity contribution in [2.24, 2.45) is 0 Å². The van der Waals surface area contributed by atoms with E-state index in [0.717, 1.165) is 41.4 Å². The molecule has 9 heteroatoms. The number of fused-ring (bicyclic) bond motifs is 1. The summed E-state index contributed by atoms with van der Waals surface area (Å²) < 4.78 is 35.2. The lowest BCUT2D eigenvalue weighted by atomic mass is 9.92. The van der Waals surface area contributed by atoms with Crippen molar-refractivity contribution < 1.29 is 13.2 Å². The molecule has 4 aromatic rings. The van der Waals surface area contributed by atoms with Gasteiger partial charge >= 0.3 is 0 Å². The van der Waals surface area contributed by atoms with E-state index in [9.17, 15) is 13.7 Å². The zero-order chi connectivity index (χ0) is 25.3. The first kappa shape index (κ1) is 24.2. The Labute approximate surface area is 215 Å². The van der Waals surface area contributed by atoms with Crippen LogP contribution in [0, 0.1) is 11.3 Å². The van der Waals surface area contributed by atoms with Crippen molar-refractivity contribution in [3.05, 3.63) is 71.5 Å². The third-order valence-electron chi connectivity index (χ3n) is 6.38. The van der Waals surface area contributed by atoms with Gasteiger partial charge in [-0.2, -0.15) is 5.26 Å². The Morgan fingerprint density at radius 2 is 1.97 bits per heavy atom. The highest BCUT2D eigenvalue weighted by atomic mass is 35.5. The number of anilines is 1. The standard InChI is InChI=1S/C27H25ClN4O3S/c1-2-15-36(33,34)31-19-10-8-18(9-11-19)26-23(17-29)22-13-12-21(35-25-7-4-14-30-27(25)28)16-24(22)32(26)20-5-3-6-20/h4,7-14,16,20,31H,2-3,5-6,15H2,1H3. The van der Waals surface area contributed by atoms with E-state index in [4.69, 9.17) is 16.3 Å². The van der Waals surface area contributed by atoms with E-state index in [2.05, 4.69) is 20.3 Å². The Hall–Kier alpha value is -3.54. The van der Waals surface area contributed by atoms with E-state index in [-0.39, 0.29) is 16.9 Å². The van der Waals surface area contributed by atoms with E-state index < -0.39 is 10.0 Å². The number of nitrogens with one attached hydrogen (secondary N) is 1. The van der Waals surface area contributed by atoms with Crippen LogP contribution in [0.5, 0.6) is 11.5 Å². The minimum Gasteiger partial charge on any atom is -0.454 e. The first-order valence-corrected chi connectivity index (χ1v) is 13.9. The lowest BCUT2D eigenvalue weighted by Crippen LogP contribution is -2.18. The van der Waals surface area contributed by atoms with Crippen molar-refractivity contribution in [1.82, 2.24) is 9.55 Å². The maximum absolute atomic E-state index is 12.2. The second kappa shape index (κ2) is 9.84. The minimum atomic E-state index is -3.38. The zero-order valence-corrected chi connectivity index (χ0v) is 21.3. The molecule has 1 aliphatic rings. The van der Waals surface area contributed by atoms with Crippen molar-refractivity contribution in [2.75, 3.05) is 10.5 Å². The Bertz CT molecular complexity index is 1570. The van der Waals surface area contributed by atoms with E-state index in [1.165, 1.54) is 0 Å². The normalized spacial score (nSPS) is 13.8. The van der Waals surface area contributed by atoms with Crippen LogP contribution >= 0.6 is 11.6 Å². The minimum absolute atomic E-state index is 0.0674. The van der Waals surface area contributed by atoms with Gasteiger partial charge in [0.2, 0.25) is 10.0 Å². The number of pyridine rings is 1. The summed E-state index contributed by atoms with van der Waals surface area (Å²) in [5, 5.41) is 11.3. The highest BCUT2D eigenvalue weighted by Crippen LogP contribution is 2.44. The quantitative estimate of drug-likeness (QED) is 0.255. The zero-order valence-electron chi connectivity index (χ0n) is 19.7. The molecule has 1 saturated carbocycles. The summed E-state index contributed by atoms with van der Waals surface area (Å²) in [6.07, 6.45) is 5.32. The summed E-state index contributed by atoms with van der Waals surface area (Å²) in [7, 11) is -3.38. The van der Waals surface area contributed by atoms with Gasteiger partial charge in [-0.1, -0.05) is 30.7 Å². The fourth-order valence-electron chi connectivity index (χ4n) is 4.54. The summed E-state index contributed by atoms with van der Waals surface area (Å²) in [5.74, 6) is 1.13. The number of aromatic nitrogens is 2. The Kier molecular flexibility index (Phi) is 6.61. The number of nitriles is 1. The summed E-state index contributed by atoms with van der Waals surface area (Å²) >= 11 is 6.18. The smallest absolute Gasteiger partial charge is 0.232 e. The molecule has 1 N–H and O–H groups in total.